The van der Waals surface area contributed by atoms with Crippen LogP contribution in [0.3, 0.4) is 0 Å². The molecule has 0 saturated heterocycles. The highest BCUT2D eigenvalue weighted by atomic mass is 16.6. The number of rotatable bonds is 3. The molecule has 0 spiro atoms. The Kier molecular flexibility index (Phi) is 5.78. The van der Waals surface area contributed by atoms with E-state index in [1.807, 2.05) is 30.5 Å². The van der Waals surface area contributed by atoms with E-state index in [2.05, 4.69) is 24.3 Å². The molecule has 10 heteroatoms. The molecular formula is C16H18N4O6. The van der Waals surface area contributed by atoms with Crippen LogP contribution >= 0.6 is 0 Å². The van der Waals surface area contributed by atoms with Crippen molar-refractivity contribution in [1.82, 2.24) is 14.9 Å². The van der Waals surface area contributed by atoms with E-state index in [1.165, 1.54) is 20.3 Å². The molecular weight excluding hydrogens is 344 g/mol. The number of hydrogen-bond donors (Lipinski definition) is 1. The summed E-state index contributed by atoms with van der Waals surface area (Å²) in [5.74, 6) is -0.240. The number of methoxy groups -OCH3 is 2. The molecule has 0 aliphatic rings. The molecule has 0 fully saturated rings. The van der Waals surface area contributed by atoms with Crippen molar-refractivity contribution in [2.45, 2.75) is 13.8 Å². The van der Waals surface area contributed by atoms with Crippen LogP contribution in [0.1, 0.15) is 32.5 Å². The summed E-state index contributed by atoms with van der Waals surface area (Å²) in [5, 5.41) is 7.12. The van der Waals surface area contributed by atoms with E-state index in [9.17, 15) is 9.59 Å². The average Bonchev–Trinajstić information content (AvgIpc) is 3.35. The van der Waals surface area contributed by atoms with E-state index in [1.54, 1.807) is 6.07 Å². The number of aryl methyl sites for hydroxylation is 2. The first-order valence-corrected chi connectivity index (χ1v) is 7.38. The highest BCUT2D eigenvalue weighted by Gasteiger charge is 2.15. The molecule has 0 atom stereocenters. The molecule has 0 aliphatic heterocycles. The average molecular weight is 362 g/mol. The molecule has 2 N–H and O–H groups in total. The van der Waals surface area contributed by atoms with Crippen LogP contribution in [-0.4, -0.2) is 41.0 Å². The molecule has 3 rings (SSSR count). The summed E-state index contributed by atoms with van der Waals surface area (Å²) < 4.78 is 20.1. The number of nitrogens with two attached hydrogens (primary N) is 1. The molecule has 3 heterocycles. The van der Waals surface area contributed by atoms with Gasteiger partial charge >= 0.3 is 11.9 Å². The number of esters is 2. The Hall–Kier alpha value is -3.56. The molecule has 0 saturated carbocycles. The van der Waals surface area contributed by atoms with E-state index in [0.29, 0.717) is 5.82 Å². The SMILES string of the molecule is COC(=O)c1cc(-n2c(C)ccc2C)no1.COC(=O)c1cc(N)no1. The maximum absolute atomic E-state index is 11.2. The topological polar surface area (TPSA) is 136 Å². The Labute approximate surface area is 148 Å². The fourth-order valence-corrected chi connectivity index (χ4v) is 2.08. The normalized spacial score (nSPS) is 10.0. The van der Waals surface area contributed by atoms with Crippen molar-refractivity contribution < 1.29 is 28.1 Å². The van der Waals surface area contributed by atoms with Crippen molar-refractivity contribution in [1.29, 1.82) is 0 Å². The van der Waals surface area contributed by atoms with Gasteiger partial charge in [-0.3, -0.25) is 0 Å². The first-order chi connectivity index (χ1) is 12.4. The number of aromatic nitrogens is 3. The third kappa shape index (κ3) is 4.09. The van der Waals surface area contributed by atoms with Crippen LogP contribution in [0.25, 0.3) is 5.82 Å². The minimum atomic E-state index is -0.579. The standard InChI is InChI=1S/C11H12N2O3.C5H6N2O3/c1-7-4-5-8(2)13(7)10-6-9(16-12-10)11(14)15-3;1-9-5(8)3-2-4(6)7-10-3/h4-6H,1-3H3;2H,1H3,(H2,6,7). The van der Waals surface area contributed by atoms with Crippen LogP contribution in [0.4, 0.5) is 5.82 Å². The maximum Gasteiger partial charge on any atom is 0.376 e. The summed E-state index contributed by atoms with van der Waals surface area (Å²) in [6.45, 7) is 3.92. The van der Waals surface area contributed by atoms with Gasteiger partial charge in [-0.15, -0.1) is 0 Å². The Morgan fingerprint density at radius 3 is 1.92 bits per heavy atom. The number of nitrogen functional groups attached to an aromatic ring is 1. The Balaban J connectivity index is 0.000000209. The summed E-state index contributed by atoms with van der Waals surface area (Å²) in [4.78, 5) is 21.8. The van der Waals surface area contributed by atoms with Crippen molar-refractivity contribution >= 4 is 17.8 Å². The van der Waals surface area contributed by atoms with E-state index in [0.717, 1.165) is 11.4 Å². The zero-order chi connectivity index (χ0) is 19.3. The van der Waals surface area contributed by atoms with Gasteiger partial charge in [0, 0.05) is 23.5 Å². The molecule has 0 aliphatic carbocycles. The summed E-state index contributed by atoms with van der Waals surface area (Å²) >= 11 is 0. The second-order valence-corrected chi connectivity index (χ2v) is 5.10. The van der Waals surface area contributed by atoms with E-state index in [-0.39, 0.29) is 17.3 Å². The van der Waals surface area contributed by atoms with Crippen LogP contribution in [0.15, 0.2) is 33.3 Å². The number of carbonyl (C=O) groups is 2. The van der Waals surface area contributed by atoms with Crippen LogP contribution in [-0.2, 0) is 9.47 Å². The van der Waals surface area contributed by atoms with Gasteiger partial charge in [-0.1, -0.05) is 10.3 Å². The second-order valence-electron chi connectivity index (χ2n) is 5.10. The second kappa shape index (κ2) is 8.01. The Morgan fingerprint density at radius 1 is 0.962 bits per heavy atom. The molecule has 10 nitrogen and oxygen atoms in total. The van der Waals surface area contributed by atoms with Crippen molar-refractivity contribution in [3.63, 3.8) is 0 Å². The quantitative estimate of drug-likeness (QED) is 0.693. The zero-order valence-corrected chi connectivity index (χ0v) is 14.7. The summed E-state index contributed by atoms with van der Waals surface area (Å²) in [5.41, 5.74) is 7.22. The number of ether oxygens (including phenoxy) is 2. The van der Waals surface area contributed by atoms with Crippen molar-refractivity contribution in [2.75, 3.05) is 20.0 Å². The van der Waals surface area contributed by atoms with Gasteiger partial charge in [0.2, 0.25) is 11.5 Å². The van der Waals surface area contributed by atoms with Gasteiger partial charge in [0.15, 0.2) is 11.6 Å². The highest BCUT2D eigenvalue weighted by Crippen LogP contribution is 2.16. The lowest BCUT2D eigenvalue weighted by atomic mass is 10.4. The van der Waals surface area contributed by atoms with Crippen molar-refractivity contribution in [2.24, 2.45) is 0 Å². The highest BCUT2D eigenvalue weighted by molar-refractivity contribution is 5.87. The lowest BCUT2D eigenvalue weighted by Gasteiger charge is -2.02. The van der Waals surface area contributed by atoms with Crippen molar-refractivity contribution in [3.05, 3.63) is 47.2 Å². The van der Waals surface area contributed by atoms with Gasteiger partial charge in [-0.2, -0.15) is 0 Å². The minimum Gasteiger partial charge on any atom is -0.463 e. The number of hydrogen-bond acceptors (Lipinski definition) is 9. The van der Waals surface area contributed by atoms with Gasteiger partial charge in [0.25, 0.3) is 0 Å². The Morgan fingerprint density at radius 2 is 1.46 bits per heavy atom. The minimum absolute atomic E-state index is 0.0139. The van der Waals surface area contributed by atoms with Gasteiger partial charge in [0.05, 0.1) is 14.2 Å². The number of carbonyl (C=O) groups excluding carboxylic acids is 2. The molecule has 0 amide bonds. The first-order valence-electron chi connectivity index (χ1n) is 7.38. The molecule has 0 unspecified atom stereocenters. The maximum atomic E-state index is 11.2. The monoisotopic (exact) mass is 362 g/mol. The molecule has 0 aromatic carbocycles. The lowest BCUT2D eigenvalue weighted by molar-refractivity contribution is 0.0546. The Bertz CT molecular complexity index is 888. The van der Waals surface area contributed by atoms with Crippen LogP contribution < -0.4 is 5.73 Å². The van der Waals surface area contributed by atoms with E-state index >= 15 is 0 Å². The molecule has 0 bridgehead atoms. The third-order valence-corrected chi connectivity index (χ3v) is 3.30. The van der Waals surface area contributed by atoms with E-state index < -0.39 is 11.9 Å². The fourth-order valence-electron chi connectivity index (χ4n) is 2.08. The summed E-state index contributed by atoms with van der Waals surface area (Å²) in [7, 11) is 2.55. The summed E-state index contributed by atoms with van der Waals surface area (Å²) in [6.07, 6.45) is 0. The summed E-state index contributed by atoms with van der Waals surface area (Å²) in [6, 6.07) is 6.81. The van der Waals surface area contributed by atoms with Crippen LogP contribution in [0.5, 0.6) is 0 Å². The number of anilines is 1. The predicted octanol–water partition coefficient (Wildman–Crippen LogP) is 1.91. The smallest absolute Gasteiger partial charge is 0.376 e. The van der Waals surface area contributed by atoms with Crippen LogP contribution in [0.2, 0.25) is 0 Å². The molecule has 26 heavy (non-hydrogen) atoms. The fraction of sp³-hybridized carbons (Fsp3) is 0.250. The van der Waals surface area contributed by atoms with Gasteiger partial charge in [-0.05, 0) is 26.0 Å². The number of nitrogens with zero attached hydrogens (tertiary/aromatic N) is 3. The van der Waals surface area contributed by atoms with Crippen LogP contribution in [0, 0.1) is 13.8 Å². The predicted molar refractivity (Wildman–Crippen MR) is 88.9 cm³/mol. The first kappa shape index (κ1) is 18.8. The molecule has 3 aromatic heterocycles. The zero-order valence-electron chi connectivity index (χ0n) is 14.7. The lowest BCUT2D eigenvalue weighted by Crippen LogP contribution is -2.00. The van der Waals surface area contributed by atoms with Gasteiger partial charge in [0.1, 0.15) is 0 Å². The molecule has 3 aromatic rings. The largest absolute Gasteiger partial charge is 0.463 e. The molecule has 0 radical (unpaired) electrons. The van der Waals surface area contributed by atoms with Crippen molar-refractivity contribution in [3.8, 4) is 5.82 Å². The molecule has 138 valence electrons. The van der Waals surface area contributed by atoms with Gasteiger partial charge < -0.3 is 28.8 Å². The third-order valence-electron chi connectivity index (χ3n) is 3.30. The van der Waals surface area contributed by atoms with Gasteiger partial charge in [-0.25, -0.2) is 9.59 Å². The van der Waals surface area contributed by atoms with E-state index in [4.69, 9.17) is 10.3 Å².